The second-order valence-electron chi connectivity index (χ2n) is 6.43. The first-order valence-corrected chi connectivity index (χ1v) is 8.46. The number of hydrogen-bond donors (Lipinski definition) is 1. The molecule has 5 nitrogen and oxygen atoms in total. The van der Waals surface area contributed by atoms with Gasteiger partial charge in [0.2, 0.25) is 0 Å². The molecule has 5 heteroatoms. The number of carbonyl (C=O) groups is 1. The van der Waals surface area contributed by atoms with E-state index in [1.807, 2.05) is 24.5 Å². The number of carbonyl (C=O) groups excluding carboxylic acids is 1. The molecule has 3 heterocycles. The lowest BCUT2D eigenvalue weighted by Gasteiger charge is -2.16. The highest BCUT2D eigenvalue weighted by Crippen LogP contribution is 2.35. The van der Waals surface area contributed by atoms with Gasteiger partial charge in [-0.25, -0.2) is 4.98 Å². The fourth-order valence-electron chi connectivity index (χ4n) is 3.18. The maximum absolute atomic E-state index is 12.3. The third-order valence-electron chi connectivity index (χ3n) is 4.64. The molecule has 0 atom stereocenters. The minimum absolute atomic E-state index is 0.00878. The van der Waals surface area contributed by atoms with Crippen LogP contribution in [0.5, 0.6) is 0 Å². The van der Waals surface area contributed by atoms with Crippen LogP contribution in [0.1, 0.15) is 47.8 Å². The normalized spacial score (nSPS) is 17.5. The minimum Gasteiger partial charge on any atom is -0.357 e. The molecule has 2 aromatic heterocycles. The summed E-state index contributed by atoms with van der Waals surface area (Å²) in [6.07, 6.45) is 8.72. The molecule has 1 aliphatic carbocycles. The minimum atomic E-state index is -0.00878. The Hall–Kier alpha value is -2.30. The summed E-state index contributed by atoms with van der Waals surface area (Å²) in [6.45, 7) is 2.71. The zero-order chi connectivity index (χ0) is 15.6. The van der Waals surface area contributed by atoms with Gasteiger partial charge in [0.1, 0.15) is 11.5 Å². The molecule has 120 valence electrons. The van der Waals surface area contributed by atoms with Crippen molar-refractivity contribution < 1.29 is 4.79 Å². The second-order valence-corrected chi connectivity index (χ2v) is 6.43. The van der Waals surface area contributed by atoms with E-state index in [-0.39, 0.29) is 5.91 Å². The number of rotatable bonds is 5. The maximum Gasteiger partial charge on any atom is 0.268 e. The number of aromatic nitrogens is 2. The Balaban J connectivity index is 1.36. The fraction of sp³-hybridized carbons (Fsp3) is 0.444. The van der Waals surface area contributed by atoms with Crippen molar-refractivity contribution in [3.05, 3.63) is 47.9 Å². The predicted octanol–water partition coefficient (Wildman–Crippen LogP) is 2.75. The van der Waals surface area contributed by atoms with E-state index in [2.05, 4.69) is 31.9 Å². The summed E-state index contributed by atoms with van der Waals surface area (Å²) in [5, 5.41) is 3.00. The molecule has 1 aliphatic heterocycles. The molecule has 2 aromatic rings. The first-order chi connectivity index (χ1) is 11.3. The monoisotopic (exact) mass is 310 g/mol. The van der Waals surface area contributed by atoms with Gasteiger partial charge in [0.05, 0.1) is 0 Å². The number of nitrogens with one attached hydrogen (secondary N) is 1. The standard InChI is InChI=1S/C18H22N4O/c23-18(16-4-3-11-22(16)15-6-7-15)20-13-14-5-8-17(19-12-14)21-9-1-2-10-21/h3-5,8,11-12,15H,1-2,6-7,9-10,13H2,(H,20,23). The molecule has 0 radical (unpaired) electrons. The summed E-state index contributed by atoms with van der Waals surface area (Å²) in [4.78, 5) is 19.2. The summed E-state index contributed by atoms with van der Waals surface area (Å²) in [5.74, 6) is 1.03. The van der Waals surface area contributed by atoms with Gasteiger partial charge in [-0.05, 0) is 49.4 Å². The first kappa shape index (κ1) is 14.3. The van der Waals surface area contributed by atoms with Crippen LogP contribution in [0.25, 0.3) is 0 Å². The predicted molar refractivity (Wildman–Crippen MR) is 89.6 cm³/mol. The van der Waals surface area contributed by atoms with Crippen LogP contribution in [-0.4, -0.2) is 28.5 Å². The third-order valence-corrected chi connectivity index (χ3v) is 4.64. The summed E-state index contributed by atoms with van der Waals surface area (Å²) >= 11 is 0. The molecule has 2 aliphatic rings. The number of hydrogen-bond acceptors (Lipinski definition) is 3. The molecule has 2 fully saturated rings. The van der Waals surface area contributed by atoms with E-state index >= 15 is 0 Å². The van der Waals surface area contributed by atoms with Crippen molar-refractivity contribution in [2.75, 3.05) is 18.0 Å². The SMILES string of the molecule is O=C(NCc1ccc(N2CCCC2)nc1)c1cccn1C1CC1. The molecule has 1 N–H and O–H groups in total. The molecular weight excluding hydrogens is 288 g/mol. The van der Waals surface area contributed by atoms with E-state index in [1.54, 1.807) is 0 Å². The van der Waals surface area contributed by atoms with E-state index in [9.17, 15) is 4.79 Å². The van der Waals surface area contributed by atoms with Crippen LogP contribution in [0.15, 0.2) is 36.7 Å². The van der Waals surface area contributed by atoms with Gasteiger partial charge in [-0.15, -0.1) is 0 Å². The van der Waals surface area contributed by atoms with Crippen molar-refractivity contribution in [1.29, 1.82) is 0 Å². The Kier molecular flexibility index (Phi) is 3.77. The van der Waals surface area contributed by atoms with Gasteiger partial charge in [0.25, 0.3) is 5.91 Å². The molecule has 1 saturated heterocycles. The zero-order valence-electron chi connectivity index (χ0n) is 13.2. The average molecular weight is 310 g/mol. The van der Waals surface area contributed by atoms with E-state index < -0.39 is 0 Å². The summed E-state index contributed by atoms with van der Waals surface area (Å²) in [7, 11) is 0. The van der Waals surface area contributed by atoms with Gasteiger partial charge in [-0.2, -0.15) is 0 Å². The quantitative estimate of drug-likeness (QED) is 0.924. The highest BCUT2D eigenvalue weighted by atomic mass is 16.1. The second kappa shape index (κ2) is 6.07. The summed E-state index contributed by atoms with van der Waals surface area (Å²) < 4.78 is 2.09. The van der Waals surface area contributed by atoms with Gasteiger partial charge >= 0.3 is 0 Å². The highest BCUT2D eigenvalue weighted by Gasteiger charge is 2.26. The highest BCUT2D eigenvalue weighted by molar-refractivity contribution is 5.92. The van der Waals surface area contributed by atoms with Crippen LogP contribution in [0.4, 0.5) is 5.82 Å². The molecule has 23 heavy (non-hydrogen) atoms. The van der Waals surface area contributed by atoms with Gasteiger partial charge in [0, 0.05) is 38.1 Å². The van der Waals surface area contributed by atoms with Gasteiger partial charge in [-0.3, -0.25) is 4.79 Å². The van der Waals surface area contributed by atoms with Crippen LogP contribution in [0, 0.1) is 0 Å². The van der Waals surface area contributed by atoms with Crippen molar-refractivity contribution in [2.45, 2.75) is 38.3 Å². The molecule has 0 spiro atoms. The number of amides is 1. The van der Waals surface area contributed by atoms with Gasteiger partial charge in [-0.1, -0.05) is 6.07 Å². The van der Waals surface area contributed by atoms with Crippen LogP contribution >= 0.6 is 0 Å². The molecule has 1 saturated carbocycles. The average Bonchev–Trinajstić information content (AvgIpc) is 3.09. The van der Waals surface area contributed by atoms with E-state index in [4.69, 9.17) is 0 Å². The van der Waals surface area contributed by atoms with Crippen LogP contribution in [0.2, 0.25) is 0 Å². The van der Waals surface area contributed by atoms with Crippen molar-refractivity contribution in [3.8, 4) is 0 Å². The Labute approximate surface area is 136 Å². The smallest absolute Gasteiger partial charge is 0.268 e. The summed E-state index contributed by atoms with van der Waals surface area (Å²) in [5.41, 5.74) is 1.79. The molecule has 4 rings (SSSR count). The van der Waals surface area contributed by atoms with Crippen LogP contribution in [0.3, 0.4) is 0 Å². The lowest BCUT2D eigenvalue weighted by Crippen LogP contribution is -2.25. The van der Waals surface area contributed by atoms with E-state index in [1.165, 1.54) is 25.7 Å². The molecular formula is C18H22N4O. The van der Waals surface area contributed by atoms with E-state index in [0.29, 0.717) is 12.6 Å². The zero-order valence-corrected chi connectivity index (χ0v) is 13.2. The van der Waals surface area contributed by atoms with Gasteiger partial charge in [0.15, 0.2) is 0 Å². The number of nitrogens with zero attached hydrogens (tertiary/aromatic N) is 3. The Bertz CT molecular complexity index is 681. The number of pyridine rings is 1. The van der Waals surface area contributed by atoms with Crippen LogP contribution < -0.4 is 10.2 Å². The lowest BCUT2D eigenvalue weighted by molar-refractivity contribution is 0.0941. The third kappa shape index (κ3) is 3.09. The largest absolute Gasteiger partial charge is 0.357 e. The summed E-state index contributed by atoms with van der Waals surface area (Å²) in [6, 6.07) is 8.47. The van der Waals surface area contributed by atoms with Crippen molar-refractivity contribution >= 4 is 11.7 Å². The van der Waals surface area contributed by atoms with Crippen LogP contribution in [-0.2, 0) is 6.54 Å². The maximum atomic E-state index is 12.3. The molecule has 0 aromatic carbocycles. The van der Waals surface area contributed by atoms with E-state index in [0.717, 1.165) is 30.2 Å². The lowest BCUT2D eigenvalue weighted by atomic mass is 10.2. The first-order valence-electron chi connectivity index (χ1n) is 8.46. The molecule has 0 bridgehead atoms. The van der Waals surface area contributed by atoms with Crippen molar-refractivity contribution in [1.82, 2.24) is 14.9 Å². The van der Waals surface area contributed by atoms with Crippen molar-refractivity contribution in [3.63, 3.8) is 0 Å². The fourth-order valence-corrected chi connectivity index (χ4v) is 3.18. The number of anilines is 1. The molecule has 1 amide bonds. The Morgan fingerprint density at radius 3 is 2.74 bits per heavy atom. The van der Waals surface area contributed by atoms with Gasteiger partial charge < -0.3 is 14.8 Å². The topological polar surface area (TPSA) is 50.2 Å². The Morgan fingerprint density at radius 1 is 1.22 bits per heavy atom. The molecule has 0 unspecified atom stereocenters. The van der Waals surface area contributed by atoms with Crippen molar-refractivity contribution in [2.24, 2.45) is 0 Å². The Morgan fingerprint density at radius 2 is 2.04 bits per heavy atom.